The monoisotopic (exact) mass is 205 g/mol. The van der Waals surface area contributed by atoms with E-state index in [2.05, 4.69) is 4.74 Å². The molecule has 0 N–H and O–H groups in total. The lowest BCUT2D eigenvalue weighted by molar-refractivity contribution is -0.139. The molecule has 0 heterocycles. The maximum absolute atomic E-state index is 11.1. The Kier molecular flexibility index (Phi) is 3.69. The minimum atomic E-state index is -0.393. The molecule has 0 aliphatic heterocycles. The first kappa shape index (κ1) is 11.1. The summed E-state index contributed by atoms with van der Waals surface area (Å²) in [6.45, 7) is 0. The third kappa shape index (κ3) is 2.47. The van der Waals surface area contributed by atoms with Gasteiger partial charge in [-0.1, -0.05) is 6.07 Å². The second kappa shape index (κ2) is 5.01. The number of hydrogen-bond donors (Lipinski definition) is 0. The minimum absolute atomic E-state index is 0.0450. The maximum Gasteiger partial charge on any atom is 0.310 e. The van der Waals surface area contributed by atoms with Crippen molar-refractivity contribution in [1.82, 2.24) is 0 Å². The molecular formula is C11H11NO3. The van der Waals surface area contributed by atoms with E-state index < -0.39 is 5.97 Å². The third-order valence-corrected chi connectivity index (χ3v) is 2.02. The van der Waals surface area contributed by atoms with Crippen LogP contribution in [-0.4, -0.2) is 20.2 Å². The van der Waals surface area contributed by atoms with Gasteiger partial charge in [0.2, 0.25) is 0 Å². The summed E-state index contributed by atoms with van der Waals surface area (Å²) >= 11 is 0. The summed E-state index contributed by atoms with van der Waals surface area (Å²) in [6, 6.07) is 7.07. The SMILES string of the molecule is COC(=O)Cc1c(C#N)cccc1OC. The Morgan fingerprint density at radius 3 is 2.73 bits per heavy atom. The van der Waals surface area contributed by atoms with Gasteiger partial charge in [-0.05, 0) is 12.1 Å². The number of methoxy groups -OCH3 is 2. The molecule has 0 saturated heterocycles. The summed E-state index contributed by atoms with van der Waals surface area (Å²) in [4.78, 5) is 11.1. The number of carbonyl (C=O) groups is 1. The molecule has 0 radical (unpaired) electrons. The summed E-state index contributed by atoms with van der Waals surface area (Å²) in [7, 11) is 2.81. The van der Waals surface area contributed by atoms with E-state index in [0.717, 1.165) is 0 Å². The van der Waals surface area contributed by atoms with E-state index in [1.54, 1.807) is 18.2 Å². The van der Waals surface area contributed by atoms with Crippen molar-refractivity contribution in [3.05, 3.63) is 29.3 Å². The lowest BCUT2D eigenvalue weighted by Gasteiger charge is -2.08. The smallest absolute Gasteiger partial charge is 0.310 e. The van der Waals surface area contributed by atoms with E-state index in [-0.39, 0.29) is 6.42 Å². The van der Waals surface area contributed by atoms with Gasteiger partial charge in [-0.15, -0.1) is 0 Å². The largest absolute Gasteiger partial charge is 0.496 e. The van der Waals surface area contributed by atoms with Crippen LogP contribution in [0.1, 0.15) is 11.1 Å². The van der Waals surface area contributed by atoms with E-state index in [9.17, 15) is 4.79 Å². The Morgan fingerprint density at radius 1 is 1.47 bits per heavy atom. The number of nitriles is 1. The van der Waals surface area contributed by atoms with Gasteiger partial charge in [-0.2, -0.15) is 5.26 Å². The van der Waals surface area contributed by atoms with Crippen LogP contribution in [0.4, 0.5) is 0 Å². The predicted molar refractivity (Wildman–Crippen MR) is 53.4 cm³/mol. The summed E-state index contributed by atoms with van der Waals surface area (Å²) < 4.78 is 9.62. The molecule has 0 aliphatic carbocycles. The van der Waals surface area contributed by atoms with E-state index in [0.29, 0.717) is 16.9 Å². The quantitative estimate of drug-likeness (QED) is 0.697. The van der Waals surface area contributed by atoms with Crippen molar-refractivity contribution in [3.8, 4) is 11.8 Å². The molecule has 0 unspecified atom stereocenters. The normalized spacial score (nSPS) is 9.13. The zero-order valence-electron chi connectivity index (χ0n) is 8.61. The molecule has 1 rings (SSSR count). The molecule has 0 fully saturated rings. The molecule has 4 nitrogen and oxygen atoms in total. The minimum Gasteiger partial charge on any atom is -0.496 e. The Labute approximate surface area is 88.0 Å². The van der Waals surface area contributed by atoms with Gasteiger partial charge in [0.05, 0.1) is 32.3 Å². The number of carbonyl (C=O) groups excluding carboxylic acids is 1. The topological polar surface area (TPSA) is 59.3 Å². The first-order chi connectivity index (χ1) is 7.22. The maximum atomic E-state index is 11.1. The van der Waals surface area contributed by atoms with Gasteiger partial charge in [-0.3, -0.25) is 4.79 Å². The lowest BCUT2D eigenvalue weighted by Crippen LogP contribution is -2.07. The Balaban J connectivity index is 3.12. The van der Waals surface area contributed by atoms with Crippen molar-refractivity contribution >= 4 is 5.97 Å². The van der Waals surface area contributed by atoms with Crippen molar-refractivity contribution in [2.45, 2.75) is 6.42 Å². The fourth-order valence-corrected chi connectivity index (χ4v) is 1.26. The molecular weight excluding hydrogens is 194 g/mol. The predicted octanol–water partition coefficient (Wildman–Crippen LogP) is 1.28. The molecule has 0 atom stereocenters. The molecule has 0 aromatic heterocycles. The first-order valence-electron chi connectivity index (χ1n) is 4.35. The van der Waals surface area contributed by atoms with E-state index in [1.165, 1.54) is 14.2 Å². The van der Waals surface area contributed by atoms with Gasteiger partial charge in [0.15, 0.2) is 0 Å². The number of ether oxygens (including phenoxy) is 2. The van der Waals surface area contributed by atoms with Gasteiger partial charge in [0.25, 0.3) is 0 Å². The summed E-state index contributed by atoms with van der Waals surface area (Å²) in [5, 5.41) is 8.87. The molecule has 0 bridgehead atoms. The van der Waals surface area contributed by atoms with Crippen LogP contribution in [-0.2, 0) is 16.0 Å². The number of rotatable bonds is 3. The molecule has 4 heteroatoms. The average Bonchev–Trinajstić information content (AvgIpc) is 2.29. The first-order valence-corrected chi connectivity index (χ1v) is 4.35. The summed E-state index contributed by atoms with van der Waals surface area (Å²) in [5.74, 6) is 0.135. The van der Waals surface area contributed by atoms with Crippen LogP contribution in [0.25, 0.3) is 0 Å². The van der Waals surface area contributed by atoms with E-state index in [1.807, 2.05) is 6.07 Å². The van der Waals surface area contributed by atoms with Crippen LogP contribution in [0.5, 0.6) is 5.75 Å². The molecule has 1 aromatic carbocycles. The van der Waals surface area contributed by atoms with Gasteiger partial charge in [0, 0.05) is 5.56 Å². The zero-order chi connectivity index (χ0) is 11.3. The van der Waals surface area contributed by atoms with Crippen LogP contribution >= 0.6 is 0 Å². The Morgan fingerprint density at radius 2 is 2.20 bits per heavy atom. The second-order valence-electron chi connectivity index (χ2n) is 2.85. The van der Waals surface area contributed by atoms with Crippen LogP contribution in [0, 0.1) is 11.3 Å². The zero-order valence-corrected chi connectivity index (χ0v) is 8.61. The molecule has 0 saturated carbocycles. The summed E-state index contributed by atoms with van der Waals surface area (Å²) in [6.07, 6.45) is 0.0450. The number of nitrogens with zero attached hydrogens (tertiary/aromatic N) is 1. The Hall–Kier alpha value is -2.02. The lowest BCUT2D eigenvalue weighted by atomic mass is 10.0. The molecule has 78 valence electrons. The second-order valence-corrected chi connectivity index (χ2v) is 2.85. The molecule has 1 aromatic rings. The van der Waals surface area contributed by atoms with E-state index in [4.69, 9.17) is 10.00 Å². The standard InChI is InChI=1S/C11H11NO3/c1-14-10-5-3-4-8(7-12)9(10)6-11(13)15-2/h3-5H,6H2,1-2H3. The van der Waals surface area contributed by atoms with E-state index >= 15 is 0 Å². The van der Waals surface area contributed by atoms with Crippen molar-refractivity contribution in [2.75, 3.05) is 14.2 Å². The highest BCUT2D eigenvalue weighted by atomic mass is 16.5. The van der Waals surface area contributed by atoms with Crippen molar-refractivity contribution in [2.24, 2.45) is 0 Å². The third-order valence-electron chi connectivity index (χ3n) is 2.02. The van der Waals surface area contributed by atoms with Crippen LogP contribution in [0.2, 0.25) is 0 Å². The summed E-state index contributed by atoms with van der Waals surface area (Å²) in [5.41, 5.74) is 0.995. The highest BCUT2D eigenvalue weighted by Crippen LogP contribution is 2.22. The van der Waals surface area contributed by atoms with Crippen molar-refractivity contribution in [1.29, 1.82) is 5.26 Å². The van der Waals surface area contributed by atoms with Gasteiger partial charge >= 0.3 is 5.97 Å². The number of hydrogen-bond acceptors (Lipinski definition) is 4. The molecule has 0 spiro atoms. The van der Waals surface area contributed by atoms with Crippen LogP contribution in [0.15, 0.2) is 18.2 Å². The van der Waals surface area contributed by atoms with Crippen LogP contribution in [0.3, 0.4) is 0 Å². The highest BCUT2D eigenvalue weighted by molar-refractivity contribution is 5.74. The molecule has 0 aliphatic rings. The number of benzene rings is 1. The number of esters is 1. The molecule has 0 amide bonds. The van der Waals surface area contributed by atoms with Crippen molar-refractivity contribution in [3.63, 3.8) is 0 Å². The van der Waals surface area contributed by atoms with Gasteiger partial charge in [-0.25, -0.2) is 0 Å². The van der Waals surface area contributed by atoms with Crippen molar-refractivity contribution < 1.29 is 14.3 Å². The fraction of sp³-hybridized carbons (Fsp3) is 0.273. The van der Waals surface area contributed by atoms with Gasteiger partial charge < -0.3 is 9.47 Å². The van der Waals surface area contributed by atoms with Crippen LogP contribution < -0.4 is 4.74 Å². The highest BCUT2D eigenvalue weighted by Gasteiger charge is 2.13. The van der Waals surface area contributed by atoms with Gasteiger partial charge in [0.1, 0.15) is 5.75 Å². The molecule has 15 heavy (non-hydrogen) atoms. The fourth-order valence-electron chi connectivity index (χ4n) is 1.26. The Bertz CT molecular complexity index is 407. The average molecular weight is 205 g/mol.